The summed E-state index contributed by atoms with van der Waals surface area (Å²) in [5.41, 5.74) is 15.8. The molecule has 0 atom stereocenters. The average molecular weight is 932 g/mol. The van der Waals surface area contributed by atoms with Crippen LogP contribution >= 0.6 is 0 Å². The summed E-state index contributed by atoms with van der Waals surface area (Å²) >= 11 is 0. The lowest BCUT2D eigenvalue weighted by Gasteiger charge is -2.66. The molecular weight excluding hydrogens is 877 g/mol. The van der Waals surface area contributed by atoms with E-state index in [0.717, 1.165) is 44.4 Å². The number of pyridine rings is 1. The van der Waals surface area contributed by atoms with Crippen LogP contribution in [-0.4, -0.2) is 16.2 Å². The molecule has 0 saturated heterocycles. The summed E-state index contributed by atoms with van der Waals surface area (Å²) in [5, 5.41) is 2.07. The van der Waals surface area contributed by atoms with Crippen molar-refractivity contribution in [2.45, 2.75) is 43.1 Å². The Balaban J connectivity index is 0.852. The normalized spacial score (nSPS) is 21.9. The van der Waals surface area contributed by atoms with Gasteiger partial charge in [0.05, 0.1) is 35.9 Å². The molecule has 5 nitrogen and oxygen atoms in total. The second-order valence-electron chi connectivity index (χ2n) is 20.2. The van der Waals surface area contributed by atoms with Gasteiger partial charge in [-0.15, -0.1) is 0 Å². The Kier molecular flexibility index (Phi) is 7.52. The number of rotatable bonds is 6. The van der Waals surface area contributed by atoms with Crippen molar-refractivity contribution in [2.75, 3.05) is 16.5 Å². The van der Waals surface area contributed by atoms with Gasteiger partial charge in [0, 0.05) is 57.1 Å². The van der Waals surface area contributed by atoms with E-state index >= 15 is 0 Å². The zero-order valence-corrected chi connectivity index (χ0v) is 40.0. The molecule has 0 N–H and O–H groups in total. The van der Waals surface area contributed by atoms with Gasteiger partial charge in [0.1, 0.15) is 22.9 Å². The van der Waals surface area contributed by atoms with E-state index in [1.807, 2.05) is 37.3 Å². The van der Waals surface area contributed by atoms with Crippen LogP contribution in [0.3, 0.4) is 0 Å². The molecule has 3 heterocycles. The number of nitrogens with zero attached hydrogens (tertiary/aromatic N) is 4. The lowest BCUT2D eigenvalue weighted by atomic mass is 9.40. The smallest absolute Gasteiger partial charge is 0.137 e. The van der Waals surface area contributed by atoms with E-state index in [2.05, 4.69) is 192 Å². The molecule has 0 fully saturated rings. The molecule has 7 aliphatic rings. The molecule has 2 aromatic heterocycles. The van der Waals surface area contributed by atoms with Crippen molar-refractivity contribution < 1.29 is 11.6 Å². The van der Waals surface area contributed by atoms with Crippen LogP contribution in [-0.2, 0) is 16.4 Å². The summed E-state index contributed by atoms with van der Waals surface area (Å²) in [7, 11) is 0. The number of aromatic nitrogens is 2. The second-order valence-corrected chi connectivity index (χ2v) is 20.2. The van der Waals surface area contributed by atoms with E-state index in [1.54, 1.807) is 6.20 Å². The van der Waals surface area contributed by atoms with Crippen LogP contribution < -0.4 is 14.5 Å². The van der Waals surface area contributed by atoms with Crippen molar-refractivity contribution in [3.8, 4) is 28.4 Å². The van der Waals surface area contributed by atoms with Gasteiger partial charge in [0.2, 0.25) is 0 Å². The number of aryl methyl sites for hydroxylation is 1. The summed E-state index contributed by atoms with van der Waals surface area (Å²) in [6.45, 7) is 7.48. The average Bonchev–Trinajstić information content (AvgIpc) is 3.16. The summed E-state index contributed by atoms with van der Waals surface area (Å²) < 4.78 is 51.1. The van der Waals surface area contributed by atoms with Crippen LogP contribution in [0.25, 0.3) is 38.8 Å². The molecule has 9 aromatic carbocycles. The lowest BCUT2D eigenvalue weighted by Crippen LogP contribution is -2.67. The quantitative estimate of drug-likeness (QED) is 0.166. The van der Waals surface area contributed by atoms with Gasteiger partial charge in [-0.3, -0.25) is 4.57 Å². The zero-order chi connectivity index (χ0) is 52.3. The standard InChI is InChI=1S/C67H50N4O/c1-43-38-63(68-41-52(43)44-20-5-4-6-21-44)71-59-33-16-9-24-48(59)49-37-36-47(40-62(49)71)72-46-23-19-22-45(39-46)69-42-70(61-35-18-17-34-60(61)69)67-53-27-10-7-25-50(53)64(51-26-8-11-28-54(51)67)65(2)55-29-12-14-31-57(55)66(67,3)58-32-15-13-30-56(58)65/h4-41,64H,42H2,1-3H3/i4D,5D,6D,20D,21D. The molecule has 6 aliphatic carbocycles. The topological polar surface area (TPSA) is 33.5 Å². The highest BCUT2D eigenvalue weighted by Gasteiger charge is 2.69. The second kappa shape index (κ2) is 14.9. The summed E-state index contributed by atoms with van der Waals surface area (Å²) in [5.74, 6) is 2.05. The predicted octanol–water partition coefficient (Wildman–Crippen LogP) is 15.9. The molecule has 0 radical (unpaired) electrons. The molecule has 18 rings (SSSR count). The Morgan fingerprint density at radius 2 is 1.15 bits per heavy atom. The number of fused-ring (bicyclic) bond motifs is 4. The third-order valence-electron chi connectivity index (χ3n) is 16.9. The van der Waals surface area contributed by atoms with Gasteiger partial charge in [0.15, 0.2) is 0 Å². The van der Waals surface area contributed by atoms with Crippen LogP contribution in [0.15, 0.2) is 231 Å². The van der Waals surface area contributed by atoms with Gasteiger partial charge >= 0.3 is 0 Å². The first-order chi connectivity index (χ1) is 37.5. The number of anilines is 3. The van der Waals surface area contributed by atoms with Crippen LogP contribution in [0.4, 0.5) is 17.1 Å². The van der Waals surface area contributed by atoms with Crippen LogP contribution in [0, 0.1) is 6.92 Å². The predicted molar refractivity (Wildman–Crippen MR) is 292 cm³/mol. The minimum atomic E-state index is -0.703. The van der Waals surface area contributed by atoms with E-state index in [9.17, 15) is 0 Å². The molecule has 11 aromatic rings. The summed E-state index contributed by atoms with van der Waals surface area (Å²) in [6, 6.07) is 69.1. The number of benzene rings is 9. The summed E-state index contributed by atoms with van der Waals surface area (Å²) in [6.07, 6.45) is 1.62. The highest BCUT2D eigenvalue weighted by atomic mass is 16.5. The third-order valence-corrected chi connectivity index (χ3v) is 16.9. The van der Waals surface area contributed by atoms with Gasteiger partial charge in [-0.1, -0.05) is 171 Å². The van der Waals surface area contributed by atoms with Crippen molar-refractivity contribution >= 4 is 38.9 Å². The summed E-state index contributed by atoms with van der Waals surface area (Å²) in [4.78, 5) is 10.1. The molecule has 0 spiro atoms. The Morgan fingerprint density at radius 3 is 1.86 bits per heavy atom. The van der Waals surface area contributed by atoms with Crippen LogP contribution in [0.2, 0.25) is 0 Å². The van der Waals surface area contributed by atoms with Crippen molar-refractivity contribution in [3.63, 3.8) is 0 Å². The van der Waals surface area contributed by atoms with Gasteiger partial charge in [-0.2, -0.15) is 0 Å². The van der Waals surface area contributed by atoms with Gasteiger partial charge in [0.25, 0.3) is 0 Å². The van der Waals surface area contributed by atoms with Gasteiger partial charge < -0.3 is 14.5 Å². The van der Waals surface area contributed by atoms with E-state index in [1.165, 1.54) is 44.5 Å². The molecule has 344 valence electrons. The van der Waals surface area contributed by atoms with Crippen molar-refractivity contribution in [1.82, 2.24) is 9.55 Å². The third kappa shape index (κ3) is 5.24. The Morgan fingerprint density at radius 1 is 0.556 bits per heavy atom. The fourth-order valence-electron chi connectivity index (χ4n) is 14.1. The maximum Gasteiger partial charge on any atom is 0.137 e. The molecule has 0 amide bonds. The number of hydrogen-bond acceptors (Lipinski definition) is 4. The molecular formula is C67H50N4O. The fraction of sp³-hybridized carbons (Fsp3) is 0.119. The first kappa shape index (κ1) is 36.3. The minimum absolute atomic E-state index is 0.0737. The van der Waals surface area contributed by atoms with E-state index in [-0.39, 0.29) is 41.1 Å². The molecule has 1 aliphatic heterocycles. The van der Waals surface area contributed by atoms with E-state index in [0.29, 0.717) is 29.5 Å². The van der Waals surface area contributed by atoms with Crippen LogP contribution in [0.1, 0.15) is 76.7 Å². The highest BCUT2D eigenvalue weighted by molar-refractivity contribution is 6.09. The Labute approximate surface area is 426 Å². The SMILES string of the molecule is [2H]c1c([2H])c([2H])c(-c2cnc(-n3c4ccccc4c4ccc(Oc5cccc(N6CN(C78c9ccccc9C(c9ccccc97)C7(C)c9ccccc9C8(C)c8ccccc87)c7ccccc76)c5)cc43)cc2C)c([2H])c1[2H]. The van der Waals surface area contributed by atoms with Crippen molar-refractivity contribution in [3.05, 3.63) is 281 Å². The number of hydrogen-bond donors (Lipinski definition) is 0. The first-order valence-corrected chi connectivity index (χ1v) is 24.8. The molecule has 5 heteroatoms. The number of ether oxygens (including phenoxy) is 1. The lowest BCUT2D eigenvalue weighted by molar-refractivity contribution is 0.257. The zero-order valence-electron chi connectivity index (χ0n) is 45.0. The van der Waals surface area contributed by atoms with Crippen LogP contribution in [0.5, 0.6) is 11.5 Å². The van der Waals surface area contributed by atoms with E-state index in [4.69, 9.17) is 16.6 Å². The Bertz CT molecular complexity index is 4230. The molecule has 4 bridgehead atoms. The largest absolute Gasteiger partial charge is 0.457 e. The van der Waals surface area contributed by atoms with Crippen molar-refractivity contribution in [2.24, 2.45) is 0 Å². The number of para-hydroxylation sites is 3. The maximum absolute atomic E-state index is 8.67. The minimum Gasteiger partial charge on any atom is -0.457 e. The van der Waals surface area contributed by atoms with Crippen molar-refractivity contribution in [1.29, 1.82) is 0 Å². The van der Waals surface area contributed by atoms with Gasteiger partial charge in [-0.05, 0) is 118 Å². The Hall–Kier alpha value is -8.67. The fourth-order valence-corrected chi connectivity index (χ4v) is 14.1. The molecule has 0 unspecified atom stereocenters. The monoisotopic (exact) mass is 931 g/mol. The maximum atomic E-state index is 8.67. The van der Waals surface area contributed by atoms with Gasteiger partial charge in [-0.25, -0.2) is 4.98 Å². The first-order valence-electron chi connectivity index (χ1n) is 27.3. The van der Waals surface area contributed by atoms with E-state index < -0.39 is 17.0 Å². The highest BCUT2D eigenvalue weighted by Crippen LogP contribution is 2.72. The molecule has 0 saturated carbocycles. The molecule has 72 heavy (non-hydrogen) atoms.